The fraction of sp³-hybridized carbons (Fsp3) is 0.125. The maximum atomic E-state index is 4.67. The Bertz CT molecular complexity index is 987. The molecule has 0 saturated heterocycles. The van der Waals surface area contributed by atoms with E-state index in [2.05, 4.69) is 50.7 Å². The Kier molecular flexibility index (Phi) is 6.29. The Morgan fingerprint density at radius 3 is 1.79 bits per heavy atom. The molecule has 0 unspecified atom stereocenters. The van der Waals surface area contributed by atoms with Crippen molar-refractivity contribution in [2.24, 2.45) is 0 Å². The van der Waals surface area contributed by atoms with E-state index in [1.54, 1.807) is 0 Å². The molecule has 1 aromatic carbocycles. The van der Waals surface area contributed by atoms with Crippen LogP contribution in [0.15, 0.2) is 102 Å². The van der Waals surface area contributed by atoms with Gasteiger partial charge < -0.3 is 0 Å². The summed E-state index contributed by atoms with van der Waals surface area (Å²) in [5, 5.41) is 0. The second kappa shape index (κ2) is 9.45. The molecule has 4 rings (SSSR count). The summed E-state index contributed by atoms with van der Waals surface area (Å²) in [4.78, 5) is 17.2. The molecule has 0 saturated carbocycles. The Morgan fingerprint density at radius 1 is 0.655 bits per heavy atom. The number of thiol groups is 1. The predicted octanol–water partition coefficient (Wildman–Crippen LogP) is 4.95. The monoisotopic (exact) mass is 398 g/mol. The molecule has 144 valence electrons. The van der Waals surface area contributed by atoms with Crippen LogP contribution in [0.5, 0.6) is 0 Å². The first-order valence-corrected chi connectivity index (χ1v) is 9.98. The summed E-state index contributed by atoms with van der Waals surface area (Å²) in [6.07, 6.45) is 5.49. The van der Waals surface area contributed by atoms with Gasteiger partial charge in [-0.15, -0.1) is 12.6 Å². The van der Waals surface area contributed by atoms with Crippen molar-refractivity contribution in [2.45, 2.75) is 24.0 Å². The molecule has 4 nitrogen and oxygen atoms in total. The van der Waals surface area contributed by atoms with Crippen LogP contribution in [0.3, 0.4) is 0 Å². The third-order valence-corrected chi connectivity index (χ3v) is 5.19. The van der Waals surface area contributed by atoms with E-state index in [1.165, 1.54) is 0 Å². The van der Waals surface area contributed by atoms with Crippen molar-refractivity contribution in [1.82, 2.24) is 19.9 Å². The van der Waals surface area contributed by atoms with Gasteiger partial charge in [-0.05, 0) is 48.0 Å². The maximum absolute atomic E-state index is 4.67. The average molecular weight is 399 g/mol. The SMILES string of the molecule is Sc1ccccc1CN(Cc1ccccn1)C(c1ccccn1)c1ccccn1. The topological polar surface area (TPSA) is 41.9 Å². The molecule has 0 aliphatic rings. The highest BCUT2D eigenvalue weighted by atomic mass is 32.1. The second-order valence-corrected chi connectivity index (χ2v) is 7.25. The normalized spacial score (nSPS) is 11.1. The molecule has 3 heterocycles. The average Bonchev–Trinajstić information content (AvgIpc) is 2.78. The molecule has 29 heavy (non-hydrogen) atoms. The van der Waals surface area contributed by atoms with Crippen molar-refractivity contribution in [3.05, 3.63) is 120 Å². The predicted molar refractivity (Wildman–Crippen MR) is 117 cm³/mol. The summed E-state index contributed by atoms with van der Waals surface area (Å²) in [6.45, 7) is 1.37. The van der Waals surface area contributed by atoms with Crippen LogP contribution < -0.4 is 0 Å². The third kappa shape index (κ3) is 4.88. The highest BCUT2D eigenvalue weighted by Gasteiger charge is 2.26. The van der Waals surface area contributed by atoms with E-state index in [9.17, 15) is 0 Å². The Balaban J connectivity index is 1.78. The zero-order valence-electron chi connectivity index (χ0n) is 16.0. The number of hydrogen-bond donors (Lipinski definition) is 1. The first-order valence-electron chi connectivity index (χ1n) is 9.54. The molecule has 4 aromatic rings. The van der Waals surface area contributed by atoms with Crippen LogP contribution in [0, 0.1) is 0 Å². The van der Waals surface area contributed by atoms with E-state index < -0.39 is 0 Å². The highest BCUT2D eigenvalue weighted by Crippen LogP contribution is 2.30. The first kappa shape index (κ1) is 19.3. The molecule has 0 aliphatic carbocycles. The van der Waals surface area contributed by atoms with Crippen molar-refractivity contribution in [1.29, 1.82) is 0 Å². The van der Waals surface area contributed by atoms with Crippen LogP contribution in [0.25, 0.3) is 0 Å². The van der Waals surface area contributed by atoms with Gasteiger partial charge in [-0.1, -0.05) is 36.4 Å². The lowest BCUT2D eigenvalue weighted by Gasteiger charge is -2.31. The number of hydrogen-bond acceptors (Lipinski definition) is 5. The van der Waals surface area contributed by atoms with Gasteiger partial charge in [-0.25, -0.2) is 0 Å². The largest absolute Gasteiger partial charge is 0.280 e. The Labute approximate surface area is 176 Å². The van der Waals surface area contributed by atoms with Gasteiger partial charge in [0.05, 0.1) is 23.1 Å². The summed E-state index contributed by atoms with van der Waals surface area (Å²) in [5.41, 5.74) is 4.07. The molecular formula is C24H22N4S. The van der Waals surface area contributed by atoms with Gasteiger partial charge in [0.1, 0.15) is 0 Å². The van der Waals surface area contributed by atoms with Crippen LogP contribution in [-0.4, -0.2) is 19.9 Å². The van der Waals surface area contributed by atoms with Gasteiger partial charge >= 0.3 is 0 Å². The molecular weight excluding hydrogens is 376 g/mol. The fourth-order valence-electron chi connectivity index (χ4n) is 3.40. The van der Waals surface area contributed by atoms with E-state index in [-0.39, 0.29) is 6.04 Å². The molecule has 0 atom stereocenters. The molecule has 0 bridgehead atoms. The Morgan fingerprint density at radius 2 is 1.24 bits per heavy atom. The van der Waals surface area contributed by atoms with Gasteiger partial charge in [-0.2, -0.15) is 0 Å². The second-order valence-electron chi connectivity index (χ2n) is 6.77. The minimum atomic E-state index is -0.104. The summed E-state index contributed by atoms with van der Waals surface area (Å²) < 4.78 is 0. The van der Waals surface area contributed by atoms with Crippen LogP contribution in [-0.2, 0) is 13.1 Å². The summed E-state index contributed by atoms with van der Waals surface area (Å²) in [6, 6.07) is 26.1. The van der Waals surface area contributed by atoms with Crippen LogP contribution in [0.1, 0.15) is 28.7 Å². The van der Waals surface area contributed by atoms with Crippen LogP contribution in [0.2, 0.25) is 0 Å². The summed E-state index contributed by atoms with van der Waals surface area (Å²) in [7, 11) is 0. The number of benzene rings is 1. The van der Waals surface area contributed by atoms with Gasteiger partial charge in [0.15, 0.2) is 0 Å². The molecule has 3 aromatic heterocycles. The van der Waals surface area contributed by atoms with Crippen molar-refractivity contribution < 1.29 is 0 Å². The molecule has 0 amide bonds. The maximum Gasteiger partial charge on any atom is 0.0956 e. The summed E-state index contributed by atoms with van der Waals surface area (Å²) in [5.74, 6) is 0. The molecule has 5 heteroatoms. The molecule has 0 spiro atoms. The molecule has 0 N–H and O–H groups in total. The zero-order chi connectivity index (χ0) is 19.9. The zero-order valence-corrected chi connectivity index (χ0v) is 16.9. The first-order chi connectivity index (χ1) is 14.3. The summed E-state index contributed by atoms with van der Waals surface area (Å²) >= 11 is 4.67. The van der Waals surface area contributed by atoms with Crippen LogP contribution in [0.4, 0.5) is 0 Å². The lowest BCUT2D eigenvalue weighted by Crippen LogP contribution is -2.30. The minimum Gasteiger partial charge on any atom is -0.280 e. The van der Waals surface area contributed by atoms with E-state index in [1.807, 2.05) is 79.3 Å². The van der Waals surface area contributed by atoms with E-state index in [0.717, 1.165) is 27.5 Å². The van der Waals surface area contributed by atoms with Crippen molar-refractivity contribution >= 4 is 12.6 Å². The molecule has 0 aliphatic heterocycles. The standard InChI is InChI=1S/C24H22N4S/c29-23-13-2-1-9-19(23)17-28(18-20-10-3-6-14-25-20)24(21-11-4-7-15-26-21)22-12-5-8-16-27-22/h1-16,24,29H,17-18H2. The van der Waals surface area contributed by atoms with Gasteiger partial charge in [0.2, 0.25) is 0 Å². The van der Waals surface area contributed by atoms with Gasteiger partial charge in [0, 0.05) is 36.6 Å². The number of aromatic nitrogens is 3. The van der Waals surface area contributed by atoms with Gasteiger partial charge in [-0.3, -0.25) is 19.9 Å². The molecule has 0 fully saturated rings. The van der Waals surface area contributed by atoms with Crippen LogP contribution >= 0.6 is 12.6 Å². The van der Waals surface area contributed by atoms with E-state index in [0.29, 0.717) is 13.1 Å². The lowest BCUT2D eigenvalue weighted by atomic mass is 10.0. The number of pyridine rings is 3. The van der Waals surface area contributed by atoms with Crippen molar-refractivity contribution in [2.75, 3.05) is 0 Å². The fourth-order valence-corrected chi connectivity index (χ4v) is 3.63. The Hall–Kier alpha value is -3.02. The minimum absolute atomic E-state index is 0.104. The van der Waals surface area contributed by atoms with E-state index >= 15 is 0 Å². The van der Waals surface area contributed by atoms with Crippen molar-refractivity contribution in [3.8, 4) is 0 Å². The lowest BCUT2D eigenvalue weighted by molar-refractivity contribution is 0.196. The smallest absolute Gasteiger partial charge is 0.0956 e. The quantitative estimate of drug-likeness (QED) is 0.447. The number of rotatable bonds is 7. The third-order valence-electron chi connectivity index (χ3n) is 4.76. The highest BCUT2D eigenvalue weighted by molar-refractivity contribution is 7.80. The number of nitrogens with zero attached hydrogens (tertiary/aromatic N) is 4. The van der Waals surface area contributed by atoms with Crippen molar-refractivity contribution in [3.63, 3.8) is 0 Å². The van der Waals surface area contributed by atoms with E-state index in [4.69, 9.17) is 0 Å². The molecule has 0 radical (unpaired) electrons. The van der Waals surface area contributed by atoms with Gasteiger partial charge in [0.25, 0.3) is 0 Å².